The van der Waals surface area contributed by atoms with Gasteiger partial charge < -0.3 is 26.4 Å². The summed E-state index contributed by atoms with van der Waals surface area (Å²) >= 11 is 0. The molecule has 0 fully saturated rings. The highest BCUT2D eigenvalue weighted by Gasteiger charge is 2.32. The van der Waals surface area contributed by atoms with Gasteiger partial charge in [0.25, 0.3) is 5.91 Å². The summed E-state index contributed by atoms with van der Waals surface area (Å²) in [6, 6.07) is 37.5. The quantitative estimate of drug-likeness (QED) is 0.109. The van der Waals surface area contributed by atoms with Gasteiger partial charge in [-0.1, -0.05) is 91.0 Å². The van der Waals surface area contributed by atoms with Crippen molar-refractivity contribution < 1.29 is 24.3 Å². The Balaban J connectivity index is 1.17. The van der Waals surface area contributed by atoms with E-state index < -0.39 is 23.8 Å². The van der Waals surface area contributed by atoms with E-state index in [0.29, 0.717) is 11.4 Å². The summed E-state index contributed by atoms with van der Waals surface area (Å²) < 4.78 is 0. The highest BCUT2D eigenvalue weighted by Crippen LogP contribution is 2.29. The molecule has 5 N–H and O–H groups in total. The summed E-state index contributed by atoms with van der Waals surface area (Å²) in [7, 11) is 0. The predicted molar refractivity (Wildman–Crippen MR) is 183 cm³/mol. The molecule has 5 aromatic carbocycles. The summed E-state index contributed by atoms with van der Waals surface area (Å²) in [4.78, 5) is 50.7. The van der Waals surface area contributed by atoms with Crippen LogP contribution in [0.15, 0.2) is 133 Å². The molecule has 1 atom stereocenters. The third kappa shape index (κ3) is 8.70. The molecular formula is C38H34N4O5. The van der Waals surface area contributed by atoms with E-state index in [1.807, 2.05) is 91.9 Å². The van der Waals surface area contributed by atoms with Crippen LogP contribution in [0.2, 0.25) is 0 Å². The fraction of sp³-hybridized carbons (Fsp3) is 0.105. The van der Waals surface area contributed by atoms with Crippen LogP contribution in [-0.4, -0.2) is 35.0 Å². The predicted octanol–water partition coefficient (Wildman–Crippen LogP) is 6.84. The van der Waals surface area contributed by atoms with E-state index in [9.17, 15) is 24.3 Å². The van der Waals surface area contributed by atoms with E-state index in [1.54, 1.807) is 36.4 Å². The lowest BCUT2D eigenvalue weighted by molar-refractivity contribution is -0.139. The highest BCUT2D eigenvalue weighted by atomic mass is 16.4. The SMILES string of the molecule is Cc1ccccc1NC(=O)Nc1ccc(CC(=O)Nc2ccc(C(=O)NC(C(=O)O)C(c3ccccc3)c3ccccc3)cc2)cc1. The lowest BCUT2D eigenvalue weighted by Crippen LogP contribution is -2.45. The topological polar surface area (TPSA) is 137 Å². The smallest absolute Gasteiger partial charge is 0.327 e. The Bertz CT molecular complexity index is 1800. The van der Waals surface area contributed by atoms with Gasteiger partial charge in [-0.2, -0.15) is 0 Å². The zero-order valence-corrected chi connectivity index (χ0v) is 25.6. The van der Waals surface area contributed by atoms with Crippen LogP contribution in [0, 0.1) is 6.92 Å². The Morgan fingerprint density at radius 1 is 0.617 bits per heavy atom. The minimum Gasteiger partial charge on any atom is -0.480 e. The Kier molecular flexibility index (Phi) is 10.4. The third-order valence-electron chi connectivity index (χ3n) is 7.60. The molecule has 47 heavy (non-hydrogen) atoms. The van der Waals surface area contributed by atoms with E-state index in [2.05, 4.69) is 21.3 Å². The van der Waals surface area contributed by atoms with Gasteiger partial charge in [0.2, 0.25) is 5.91 Å². The molecule has 0 saturated heterocycles. The molecule has 236 valence electrons. The molecule has 4 amide bonds. The van der Waals surface area contributed by atoms with E-state index in [4.69, 9.17) is 0 Å². The van der Waals surface area contributed by atoms with E-state index in [0.717, 1.165) is 27.9 Å². The van der Waals surface area contributed by atoms with Gasteiger partial charge in [0.1, 0.15) is 6.04 Å². The Morgan fingerprint density at radius 3 is 1.72 bits per heavy atom. The van der Waals surface area contributed by atoms with Crippen molar-refractivity contribution in [3.05, 3.63) is 161 Å². The second-order valence-corrected chi connectivity index (χ2v) is 11.0. The average molecular weight is 627 g/mol. The molecular weight excluding hydrogens is 592 g/mol. The van der Waals surface area contributed by atoms with Crippen molar-refractivity contribution in [1.29, 1.82) is 0 Å². The number of aliphatic carboxylic acids is 1. The maximum absolute atomic E-state index is 13.2. The van der Waals surface area contributed by atoms with Crippen LogP contribution in [0.3, 0.4) is 0 Å². The standard InChI is InChI=1S/C38H34N4O5/c1-25-10-8-9-15-32(25)41-38(47)40-31-20-16-26(17-21-31)24-33(43)39-30-22-18-29(19-23-30)36(44)42-35(37(45)46)34(27-11-4-2-5-12-27)28-13-6-3-7-14-28/h2-23,34-35H,24H2,1H3,(H,39,43)(H,42,44)(H,45,46)(H2,40,41,47). The number of benzene rings is 5. The molecule has 0 aromatic heterocycles. The zero-order chi connectivity index (χ0) is 33.2. The first-order valence-electron chi connectivity index (χ1n) is 15.0. The Morgan fingerprint density at radius 2 is 1.15 bits per heavy atom. The highest BCUT2D eigenvalue weighted by molar-refractivity contribution is 6.00. The number of carbonyl (C=O) groups excluding carboxylic acids is 3. The van der Waals surface area contributed by atoms with Gasteiger partial charge in [0, 0.05) is 28.5 Å². The summed E-state index contributed by atoms with van der Waals surface area (Å²) in [5, 5.41) is 21.3. The largest absolute Gasteiger partial charge is 0.480 e. The number of carboxylic acid groups (broad SMARTS) is 1. The number of urea groups is 1. The van der Waals surface area contributed by atoms with E-state index in [-0.39, 0.29) is 23.9 Å². The molecule has 0 aliphatic heterocycles. The Hall–Kier alpha value is -6.22. The van der Waals surface area contributed by atoms with Crippen LogP contribution in [0.5, 0.6) is 0 Å². The van der Waals surface area contributed by atoms with Crippen LogP contribution in [-0.2, 0) is 16.0 Å². The second-order valence-electron chi connectivity index (χ2n) is 11.0. The van der Waals surface area contributed by atoms with Gasteiger partial charge in [-0.3, -0.25) is 9.59 Å². The zero-order valence-electron chi connectivity index (χ0n) is 25.6. The minimum atomic E-state index is -1.23. The van der Waals surface area contributed by atoms with Gasteiger partial charge in [0.15, 0.2) is 0 Å². The van der Waals surface area contributed by atoms with Crippen LogP contribution < -0.4 is 21.3 Å². The summed E-state index contributed by atoms with van der Waals surface area (Å²) in [6.07, 6.45) is 0.0958. The number of nitrogens with one attached hydrogen (secondary N) is 4. The second kappa shape index (κ2) is 15.2. The molecule has 0 aliphatic carbocycles. The lowest BCUT2D eigenvalue weighted by atomic mass is 9.85. The number of rotatable bonds is 11. The van der Waals surface area contributed by atoms with Crippen LogP contribution in [0.25, 0.3) is 0 Å². The van der Waals surface area contributed by atoms with Gasteiger partial charge in [-0.05, 0) is 71.6 Å². The number of anilines is 3. The van der Waals surface area contributed by atoms with E-state index in [1.165, 1.54) is 12.1 Å². The fourth-order valence-electron chi connectivity index (χ4n) is 5.21. The normalized spacial score (nSPS) is 11.3. The summed E-state index contributed by atoms with van der Waals surface area (Å²) in [6.45, 7) is 1.91. The van der Waals surface area contributed by atoms with Crippen molar-refractivity contribution in [3.63, 3.8) is 0 Å². The number of para-hydroxylation sites is 1. The molecule has 0 bridgehead atoms. The van der Waals surface area contributed by atoms with E-state index >= 15 is 0 Å². The first-order valence-corrected chi connectivity index (χ1v) is 15.0. The van der Waals surface area contributed by atoms with Crippen molar-refractivity contribution in [2.45, 2.75) is 25.3 Å². The van der Waals surface area contributed by atoms with Crippen LogP contribution in [0.4, 0.5) is 21.9 Å². The summed E-state index contributed by atoms with van der Waals surface area (Å²) in [5.74, 6) is -2.58. The molecule has 0 aliphatic rings. The molecule has 1 unspecified atom stereocenters. The maximum Gasteiger partial charge on any atom is 0.327 e. The third-order valence-corrected chi connectivity index (χ3v) is 7.60. The molecule has 5 aromatic rings. The molecule has 0 heterocycles. The van der Waals surface area contributed by atoms with Gasteiger partial charge in [-0.15, -0.1) is 0 Å². The molecule has 9 heteroatoms. The fourth-order valence-corrected chi connectivity index (χ4v) is 5.21. The number of carbonyl (C=O) groups is 4. The number of hydrogen-bond donors (Lipinski definition) is 5. The maximum atomic E-state index is 13.2. The van der Waals surface area contributed by atoms with Crippen molar-refractivity contribution in [2.24, 2.45) is 0 Å². The molecule has 5 rings (SSSR count). The molecule has 0 spiro atoms. The monoisotopic (exact) mass is 626 g/mol. The summed E-state index contributed by atoms with van der Waals surface area (Å²) in [5.41, 5.74) is 5.26. The lowest BCUT2D eigenvalue weighted by Gasteiger charge is -2.26. The molecule has 0 saturated carbocycles. The van der Waals surface area contributed by atoms with Crippen molar-refractivity contribution >= 4 is 40.9 Å². The van der Waals surface area contributed by atoms with Crippen molar-refractivity contribution in [3.8, 4) is 0 Å². The van der Waals surface area contributed by atoms with Crippen molar-refractivity contribution in [2.75, 3.05) is 16.0 Å². The average Bonchev–Trinajstić information content (AvgIpc) is 3.07. The first kappa shape index (κ1) is 32.2. The van der Waals surface area contributed by atoms with Crippen LogP contribution in [0.1, 0.15) is 38.5 Å². The number of carboxylic acids is 1. The number of aryl methyl sites for hydroxylation is 1. The van der Waals surface area contributed by atoms with Gasteiger partial charge >= 0.3 is 12.0 Å². The van der Waals surface area contributed by atoms with Crippen molar-refractivity contribution in [1.82, 2.24) is 5.32 Å². The Labute approximate surface area is 272 Å². The molecule has 9 nitrogen and oxygen atoms in total. The number of amides is 4. The van der Waals surface area contributed by atoms with Gasteiger partial charge in [0.05, 0.1) is 6.42 Å². The minimum absolute atomic E-state index is 0.0958. The first-order chi connectivity index (χ1) is 22.8. The molecule has 0 radical (unpaired) electrons. The van der Waals surface area contributed by atoms with Crippen LogP contribution >= 0.6 is 0 Å². The van der Waals surface area contributed by atoms with Gasteiger partial charge in [-0.25, -0.2) is 9.59 Å². The number of hydrogen-bond acceptors (Lipinski definition) is 4.